The Hall–Kier alpha value is -2.12. The number of hydrogen-bond acceptors (Lipinski definition) is 4. The summed E-state index contributed by atoms with van der Waals surface area (Å²) in [5.41, 5.74) is 0. The molecule has 2 aliphatic heterocycles. The number of aliphatic carboxylic acids is 1. The molecule has 0 aromatic carbocycles. The van der Waals surface area contributed by atoms with Crippen LogP contribution in [0.2, 0.25) is 0 Å². The van der Waals surface area contributed by atoms with Gasteiger partial charge in [0.25, 0.3) is 0 Å². The van der Waals surface area contributed by atoms with Gasteiger partial charge in [-0.2, -0.15) is 0 Å². The quantitative estimate of drug-likeness (QED) is 0.232. The van der Waals surface area contributed by atoms with Gasteiger partial charge in [-0.05, 0) is 44.4 Å². The second-order valence-electron chi connectivity index (χ2n) is 11.7. The van der Waals surface area contributed by atoms with Crippen LogP contribution in [-0.2, 0) is 19.2 Å². The lowest BCUT2D eigenvalue weighted by Gasteiger charge is -2.31. The van der Waals surface area contributed by atoms with Crippen molar-refractivity contribution in [1.82, 2.24) is 15.1 Å². The minimum Gasteiger partial charge on any atom is -0.480 e. The maximum absolute atomic E-state index is 13.5. The van der Waals surface area contributed by atoms with Gasteiger partial charge in [-0.15, -0.1) is 0 Å². The highest BCUT2D eigenvalue weighted by Crippen LogP contribution is 2.26. The molecule has 2 fully saturated rings. The molecule has 0 saturated carbocycles. The zero-order chi connectivity index (χ0) is 27.9. The van der Waals surface area contributed by atoms with Gasteiger partial charge in [0.2, 0.25) is 17.7 Å². The number of nitrogens with zero attached hydrogens (tertiary/aromatic N) is 2. The number of carboxylic acids is 1. The summed E-state index contributed by atoms with van der Waals surface area (Å²) in [6, 6.07) is -2.13. The third kappa shape index (κ3) is 10.6. The molecule has 2 saturated heterocycles. The fourth-order valence-corrected chi connectivity index (χ4v) is 5.86. The first-order valence-corrected chi connectivity index (χ1v) is 15.4. The van der Waals surface area contributed by atoms with E-state index in [0.717, 1.165) is 25.7 Å². The van der Waals surface area contributed by atoms with Gasteiger partial charge in [-0.25, -0.2) is 4.79 Å². The number of nitrogens with one attached hydrogen (secondary N) is 1. The lowest BCUT2D eigenvalue weighted by molar-refractivity contribution is -0.148. The Labute approximate surface area is 230 Å². The van der Waals surface area contributed by atoms with Crippen LogP contribution in [0, 0.1) is 5.92 Å². The van der Waals surface area contributed by atoms with E-state index in [4.69, 9.17) is 0 Å². The average Bonchev–Trinajstić information content (AvgIpc) is 3.56. The van der Waals surface area contributed by atoms with Crippen molar-refractivity contribution >= 4 is 23.7 Å². The molecule has 0 radical (unpaired) electrons. The first-order valence-electron chi connectivity index (χ1n) is 15.4. The minimum absolute atomic E-state index is 0.0415. The zero-order valence-electron chi connectivity index (χ0n) is 24.2. The number of likely N-dealkylation sites (tertiary alicyclic amines) is 2. The molecule has 8 heteroatoms. The van der Waals surface area contributed by atoms with Crippen molar-refractivity contribution in [3.8, 4) is 0 Å². The van der Waals surface area contributed by atoms with Crippen LogP contribution in [0.4, 0.5) is 0 Å². The number of carbonyl (C=O) groups is 4. The van der Waals surface area contributed by atoms with Gasteiger partial charge in [0.15, 0.2) is 0 Å². The Kier molecular flexibility index (Phi) is 14.8. The summed E-state index contributed by atoms with van der Waals surface area (Å²) in [6.45, 7) is 7.12. The molecule has 0 aromatic rings. The topological polar surface area (TPSA) is 107 Å². The molecular weight excluding hydrogens is 482 g/mol. The first-order chi connectivity index (χ1) is 18.3. The van der Waals surface area contributed by atoms with Crippen LogP contribution in [0.3, 0.4) is 0 Å². The summed E-state index contributed by atoms with van der Waals surface area (Å²) in [4.78, 5) is 54.3. The molecule has 38 heavy (non-hydrogen) atoms. The van der Waals surface area contributed by atoms with Gasteiger partial charge in [0.1, 0.15) is 18.1 Å². The highest BCUT2D eigenvalue weighted by molar-refractivity contribution is 5.94. The van der Waals surface area contributed by atoms with Crippen LogP contribution >= 0.6 is 0 Å². The van der Waals surface area contributed by atoms with E-state index in [1.165, 1.54) is 51.4 Å². The van der Waals surface area contributed by atoms with Crippen LogP contribution in [0.15, 0.2) is 0 Å². The number of hydrogen-bond donors (Lipinski definition) is 2. The SMILES string of the molecule is CCCCCCCCCCCCCC(=O)N1CCCC1C(=O)N1CCCC1C(=O)NC(CC(C)C)C(=O)O. The standard InChI is InChI=1S/C30H53N3O5/c1-4-5-6-7-8-9-10-11-12-13-14-19-27(34)32-20-16-18-26(32)29(36)33-21-15-17-25(33)28(35)31-24(30(37)38)22-23(2)3/h23-26H,4-22H2,1-3H3,(H,31,35)(H,37,38). The summed E-state index contributed by atoms with van der Waals surface area (Å²) in [5.74, 6) is -1.46. The summed E-state index contributed by atoms with van der Waals surface area (Å²) >= 11 is 0. The van der Waals surface area contributed by atoms with E-state index in [0.29, 0.717) is 45.2 Å². The highest BCUT2D eigenvalue weighted by Gasteiger charge is 2.42. The van der Waals surface area contributed by atoms with Gasteiger partial charge >= 0.3 is 5.97 Å². The Bertz CT molecular complexity index is 756. The second-order valence-corrected chi connectivity index (χ2v) is 11.7. The second kappa shape index (κ2) is 17.5. The minimum atomic E-state index is -1.06. The van der Waals surface area contributed by atoms with Crippen LogP contribution < -0.4 is 5.32 Å². The average molecular weight is 536 g/mol. The molecule has 0 bridgehead atoms. The van der Waals surface area contributed by atoms with Gasteiger partial charge in [-0.1, -0.05) is 85.0 Å². The monoisotopic (exact) mass is 535 g/mol. The number of unbranched alkanes of at least 4 members (excludes halogenated alkanes) is 10. The molecule has 2 rings (SSSR count). The number of rotatable bonds is 18. The van der Waals surface area contributed by atoms with Crippen molar-refractivity contribution < 1.29 is 24.3 Å². The molecule has 3 atom stereocenters. The summed E-state index contributed by atoms with van der Waals surface area (Å²) in [6.07, 6.45) is 17.0. The van der Waals surface area contributed by atoms with E-state index in [-0.39, 0.29) is 17.7 Å². The largest absolute Gasteiger partial charge is 0.480 e. The Morgan fingerprint density at radius 3 is 1.87 bits per heavy atom. The molecule has 218 valence electrons. The maximum atomic E-state index is 13.5. The lowest BCUT2D eigenvalue weighted by atomic mass is 10.0. The lowest BCUT2D eigenvalue weighted by Crippen LogP contribution is -2.55. The highest BCUT2D eigenvalue weighted by atomic mass is 16.4. The van der Waals surface area contributed by atoms with E-state index in [2.05, 4.69) is 12.2 Å². The third-order valence-electron chi connectivity index (χ3n) is 8.01. The molecule has 3 unspecified atom stereocenters. The van der Waals surface area contributed by atoms with Crippen molar-refractivity contribution in [2.24, 2.45) is 5.92 Å². The predicted molar refractivity (Wildman–Crippen MR) is 150 cm³/mol. The van der Waals surface area contributed by atoms with Crippen LogP contribution in [-0.4, -0.2) is 69.8 Å². The first kappa shape index (κ1) is 32.1. The van der Waals surface area contributed by atoms with Gasteiger partial charge < -0.3 is 20.2 Å². The van der Waals surface area contributed by atoms with Gasteiger partial charge in [-0.3, -0.25) is 14.4 Å². The fourth-order valence-electron chi connectivity index (χ4n) is 5.86. The van der Waals surface area contributed by atoms with Crippen LogP contribution in [0.5, 0.6) is 0 Å². The van der Waals surface area contributed by atoms with Crippen molar-refractivity contribution in [2.45, 2.75) is 148 Å². The molecule has 0 spiro atoms. The Morgan fingerprint density at radius 2 is 1.32 bits per heavy atom. The molecule has 2 heterocycles. The van der Waals surface area contributed by atoms with Crippen molar-refractivity contribution in [1.29, 1.82) is 0 Å². The van der Waals surface area contributed by atoms with E-state index >= 15 is 0 Å². The van der Waals surface area contributed by atoms with Gasteiger partial charge in [0, 0.05) is 19.5 Å². The van der Waals surface area contributed by atoms with E-state index in [1.54, 1.807) is 9.80 Å². The molecule has 2 aliphatic rings. The molecule has 8 nitrogen and oxygen atoms in total. The Morgan fingerprint density at radius 1 is 0.789 bits per heavy atom. The van der Waals surface area contributed by atoms with Crippen molar-refractivity contribution in [3.63, 3.8) is 0 Å². The van der Waals surface area contributed by atoms with Crippen LogP contribution in [0.1, 0.15) is 130 Å². The van der Waals surface area contributed by atoms with E-state index in [9.17, 15) is 24.3 Å². The fraction of sp³-hybridized carbons (Fsp3) is 0.867. The van der Waals surface area contributed by atoms with Crippen LogP contribution in [0.25, 0.3) is 0 Å². The zero-order valence-corrected chi connectivity index (χ0v) is 24.2. The van der Waals surface area contributed by atoms with E-state index in [1.807, 2.05) is 13.8 Å². The summed E-state index contributed by atoms with van der Waals surface area (Å²) < 4.78 is 0. The molecule has 2 N–H and O–H groups in total. The molecular formula is C30H53N3O5. The van der Waals surface area contributed by atoms with Crippen molar-refractivity contribution in [2.75, 3.05) is 13.1 Å². The maximum Gasteiger partial charge on any atom is 0.326 e. The van der Waals surface area contributed by atoms with Crippen molar-refractivity contribution in [3.05, 3.63) is 0 Å². The summed E-state index contributed by atoms with van der Waals surface area (Å²) in [7, 11) is 0. The normalized spacial score (nSPS) is 20.2. The van der Waals surface area contributed by atoms with E-state index < -0.39 is 30.0 Å². The molecule has 0 aliphatic carbocycles. The number of carbonyl (C=O) groups excluding carboxylic acids is 3. The number of amides is 3. The smallest absolute Gasteiger partial charge is 0.326 e. The molecule has 0 aromatic heterocycles. The Balaban J connectivity index is 1.76. The number of carboxylic acid groups (broad SMARTS) is 1. The summed E-state index contributed by atoms with van der Waals surface area (Å²) in [5, 5.41) is 12.1. The molecule has 3 amide bonds. The van der Waals surface area contributed by atoms with Gasteiger partial charge in [0.05, 0.1) is 0 Å². The third-order valence-corrected chi connectivity index (χ3v) is 8.01. The predicted octanol–water partition coefficient (Wildman–Crippen LogP) is 5.29.